The number of carboxylic acid groups (broad SMARTS) is 2. The van der Waals surface area contributed by atoms with E-state index in [1.54, 1.807) is 10.6 Å². The van der Waals surface area contributed by atoms with Crippen molar-refractivity contribution in [3.05, 3.63) is 41.1 Å². The first-order valence-electron chi connectivity index (χ1n) is 12.0. The van der Waals surface area contributed by atoms with Crippen LogP contribution in [0, 0.1) is 0 Å². The van der Waals surface area contributed by atoms with E-state index in [1.165, 1.54) is 41.9 Å². The Bertz CT molecular complexity index is 1530. The van der Waals surface area contributed by atoms with E-state index in [1.807, 2.05) is 0 Å². The van der Waals surface area contributed by atoms with Gasteiger partial charge in [-0.05, 0) is 24.3 Å². The van der Waals surface area contributed by atoms with Gasteiger partial charge >= 0.3 is 11.1 Å². The molecule has 1 fully saturated rings. The van der Waals surface area contributed by atoms with Crippen LogP contribution in [0.1, 0.15) is 12.6 Å². The largest absolute Gasteiger partial charge is 0.543 e. The Labute approximate surface area is 250 Å². The fourth-order valence-corrected chi connectivity index (χ4v) is 6.96. The number of fused-ring (bicyclic) bond motifs is 1. The van der Waals surface area contributed by atoms with Gasteiger partial charge in [-0.2, -0.15) is 0 Å². The molecule has 222 valence electrons. The Morgan fingerprint density at radius 3 is 2.76 bits per heavy atom. The normalized spacial score (nSPS) is 19.0. The Kier molecular flexibility index (Phi) is 9.22. The lowest BCUT2D eigenvalue weighted by molar-refractivity contribution is -0.713. The van der Waals surface area contributed by atoms with Crippen molar-refractivity contribution in [2.75, 3.05) is 28.7 Å². The Morgan fingerprint density at radius 2 is 2.14 bits per heavy atom. The van der Waals surface area contributed by atoms with E-state index in [0.29, 0.717) is 23.1 Å². The molecule has 0 bridgehead atoms. The number of nitrogen functional groups attached to an aromatic ring is 3. The van der Waals surface area contributed by atoms with E-state index in [2.05, 4.69) is 27.0 Å². The highest BCUT2D eigenvalue weighted by Gasteiger charge is 2.53. The standard InChI is InChI=1S/C23H25N9O7S3/c1-3-4-31-13(25)5-12(24)28-23(31)42-7-10-6-40-19-15(18(34)32(19)16(10)21(37)38)29-17(33)14(11-8-41-22(26)27-11)30-39-9(2)20(35)36/h3,5,8-9,15,19H,1,4,6-7H2,2H3,(H8,24,25,26,27,29,33,35,36,37,38)/b30-14-/t9?,15?,19-/m1/s1. The van der Waals surface area contributed by atoms with E-state index in [0.717, 1.165) is 16.2 Å². The van der Waals surface area contributed by atoms with Crippen molar-refractivity contribution in [2.45, 2.75) is 36.1 Å². The molecule has 3 atom stereocenters. The summed E-state index contributed by atoms with van der Waals surface area (Å²) in [6.45, 7) is 5.25. The number of aliphatic carboxylic acids is 2. The van der Waals surface area contributed by atoms with Crippen LogP contribution in [0.15, 0.2) is 45.7 Å². The predicted octanol–water partition coefficient (Wildman–Crippen LogP) is -1.85. The second kappa shape index (κ2) is 12.7. The maximum Gasteiger partial charge on any atom is 0.347 e. The fourth-order valence-electron chi connectivity index (χ4n) is 3.89. The molecule has 1 saturated heterocycles. The van der Waals surface area contributed by atoms with Gasteiger partial charge in [0.2, 0.25) is 17.7 Å². The zero-order valence-corrected chi connectivity index (χ0v) is 24.3. The summed E-state index contributed by atoms with van der Waals surface area (Å²) >= 11 is 3.43. The van der Waals surface area contributed by atoms with Crippen LogP contribution in [0.4, 0.5) is 16.8 Å². The maximum atomic E-state index is 13.1. The first-order chi connectivity index (χ1) is 19.9. The minimum absolute atomic E-state index is 0.00614. The third-order valence-corrected chi connectivity index (χ3v) is 8.98. The zero-order valence-electron chi connectivity index (χ0n) is 21.9. The summed E-state index contributed by atoms with van der Waals surface area (Å²) in [6, 6.07) is 0.376. The number of thiazole rings is 1. The zero-order chi connectivity index (χ0) is 30.7. The molecule has 2 aliphatic heterocycles. The summed E-state index contributed by atoms with van der Waals surface area (Å²) in [5, 5.41) is 28.6. The molecule has 0 aliphatic carbocycles. The minimum atomic E-state index is -1.55. The average molecular weight is 636 g/mol. The van der Waals surface area contributed by atoms with E-state index < -0.39 is 47.0 Å². The van der Waals surface area contributed by atoms with Crippen LogP contribution in [0.2, 0.25) is 0 Å². The molecule has 19 heteroatoms. The highest BCUT2D eigenvalue weighted by Crippen LogP contribution is 2.41. The Morgan fingerprint density at radius 1 is 1.40 bits per heavy atom. The van der Waals surface area contributed by atoms with Crippen molar-refractivity contribution in [3.8, 4) is 0 Å². The third kappa shape index (κ3) is 6.26. The molecule has 2 aromatic heterocycles. The molecule has 8 N–H and O–H groups in total. The van der Waals surface area contributed by atoms with Crippen LogP contribution in [-0.2, 0) is 30.6 Å². The van der Waals surface area contributed by atoms with Gasteiger partial charge in [0.05, 0.1) is 24.3 Å². The predicted molar refractivity (Wildman–Crippen MR) is 152 cm³/mol. The number of carbonyl (C=O) groups excluding carboxylic acids is 3. The summed E-state index contributed by atoms with van der Waals surface area (Å²) in [6.07, 6.45) is 0.243. The topological polar surface area (TPSA) is 256 Å². The molecular formula is C23H25N9O7S3. The summed E-state index contributed by atoms with van der Waals surface area (Å²) in [7, 11) is 0. The van der Waals surface area contributed by atoms with E-state index in [-0.39, 0.29) is 33.8 Å². The molecule has 4 heterocycles. The van der Waals surface area contributed by atoms with Crippen LogP contribution < -0.4 is 32.2 Å². The molecule has 2 aliphatic rings. The van der Waals surface area contributed by atoms with Gasteiger partial charge < -0.3 is 42.4 Å². The van der Waals surface area contributed by atoms with Crippen LogP contribution in [0.25, 0.3) is 0 Å². The van der Waals surface area contributed by atoms with E-state index >= 15 is 0 Å². The number of β-lactam (4-membered cyclic amide) rings is 1. The van der Waals surface area contributed by atoms with Gasteiger partial charge in [0.25, 0.3) is 11.8 Å². The van der Waals surface area contributed by atoms with Crippen molar-refractivity contribution in [1.29, 1.82) is 0 Å². The van der Waals surface area contributed by atoms with Crippen molar-refractivity contribution < 1.29 is 38.8 Å². The number of oxime groups is 1. The molecular weight excluding hydrogens is 611 g/mol. The number of rotatable bonds is 12. The number of nitrogens with zero attached hydrogens (tertiary/aromatic N) is 5. The SMILES string of the molecule is C=CC[n+]1c(N)cc(N)nc1SCC1=C(C(=O)[O-])N2C(=O)C(NC(=O)/C(=N\OC(C)C(=O)O)c3csc(N)n3)[C@H]2SC1. The molecule has 2 aromatic rings. The van der Waals surface area contributed by atoms with Crippen LogP contribution in [-0.4, -0.2) is 78.5 Å². The lowest BCUT2D eigenvalue weighted by atomic mass is 10.0. The second-order valence-electron chi connectivity index (χ2n) is 8.77. The number of nitrogens with one attached hydrogen (secondary N) is 1. The van der Waals surface area contributed by atoms with Crippen molar-refractivity contribution in [3.63, 3.8) is 0 Å². The van der Waals surface area contributed by atoms with Crippen LogP contribution in [0.5, 0.6) is 0 Å². The van der Waals surface area contributed by atoms with Crippen LogP contribution >= 0.6 is 34.9 Å². The number of carbonyl (C=O) groups is 4. The van der Waals surface area contributed by atoms with Gasteiger partial charge in [0.1, 0.15) is 17.1 Å². The molecule has 0 saturated carbocycles. The molecule has 2 amide bonds. The number of hydrogen-bond acceptors (Lipinski definition) is 15. The highest BCUT2D eigenvalue weighted by molar-refractivity contribution is 8.01. The minimum Gasteiger partial charge on any atom is -0.543 e. The summed E-state index contributed by atoms with van der Waals surface area (Å²) in [5.41, 5.74) is 17.2. The molecule has 0 aromatic carbocycles. The molecule has 0 radical (unpaired) electrons. The quantitative estimate of drug-likeness (QED) is 0.0326. The van der Waals surface area contributed by atoms with Gasteiger partial charge in [0.15, 0.2) is 10.8 Å². The smallest absolute Gasteiger partial charge is 0.347 e. The summed E-state index contributed by atoms with van der Waals surface area (Å²) in [5.74, 6) is -3.58. The van der Waals surface area contributed by atoms with Gasteiger partial charge in [-0.15, -0.1) is 23.1 Å². The number of hydrogen-bond donors (Lipinski definition) is 5. The molecule has 4 rings (SSSR count). The summed E-state index contributed by atoms with van der Waals surface area (Å²) < 4.78 is 1.66. The average Bonchev–Trinajstić information content (AvgIpc) is 3.36. The molecule has 16 nitrogen and oxygen atoms in total. The Hall–Kier alpha value is -4.36. The lowest BCUT2D eigenvalue weighted by Gasteiger charge is -2.50. The van der Waals surface area contributed by atoms with E-state index in [4.69, 9.17) is 27.1 Å². The molecule has 0 spiro atoms. The number of thioether (sulfide) groups is 2. The van der Waals surface area contributed by atoms with Gasteiger partial charge in [-0.25, -0.2) is 14.3 Å². The number of aromatic nitrogens is 3. The number of carboxylic acids is 2. The first kappa shape index (κ1) is 30.6. The van der Waals surface area contributed by atoms with Gasteiger partial charge in [-0.1, -0.05) is 22.8 Å². The number of amides is 2. The third-order valence-electron chi connectivity index (χ3n) is 5.91. The lowest BCUT2D eigenvalue weighted by Crippen LogP contribution is -2.71. The highest BCUT2D eigenvalue weighted by atomic mass is 32.2. The fraction of sp³-hybridized carbons (Fsp3) is 0.304. The molecule has 2 unspecified atom stereocenters. The number of allylic oxidation sites excluding steroid dienone is 1. The van der Waals surface area contributed by atoms with Crippen molar-refractivity contribution >= 4 is 81.1 Å². The monoisotopic (exact) mass is 635 g/mol. The van der Waals surface area contributed by atoms with Gasteiger partial charge in [-0.3, -0.25) is 14.5 Å². The van der Waals surface area contributed by atoms with Gasteiger partial charge in [0, 0.05) is 16.9 Å². The maximum absolute atomic E-state index is 13.1. The van der Waals surface area contributed by atoms with Crippen molar-refractivity contribution in [1.82, 2.24) is 20.2 Å². The van der Waals surface area contributed by atoms with E-state index in [9.17, 15) is 24.3 Å². The second-order valence-corrected chi connectivity index (χ2v) is 11.7. The number of anilines is 3. The first-order valence-corrected chi connectivity index (χ1v) is 14.9. The van der Waals surface area contributed by atoms with Crippen molar-refractivity contribution in [2.24, 2.45) is 5.16 Å². The summed E-state index contributed by atoms with van der Waals surface area (Å²) in [4.78, 5) is 63.8. The number of nitrogens with two attached hydrogens (primary N) is 3. The molecule has 42 heavy (non-hydrogen) atoms. The Balaban J connectivity index is 1.53. The van der Waals surface area contributed by atoms with Crippen LogP contribution in [0.3, 0.4) is 0 Å².